The molecule has 2 aliphatic heterocycles. The Labute approximate surface area is 189 Å². The Bertz CT molecular complexity index is 1040. The number of hydrogen-bond acceptors (Lipinski definition) is 12. The maximum absolute atomic E-state index is 16.1. The van der Waals surface area contributed by atoms with Crippen molar-refractivity contribution in [1.82, 2.24) is 24.6 Å². The first-order valence-electron chi connectivity index (χ1n) is 10.4. The number of fused-ring (bicyclic) bond motifs is 2. The lowest BCUT2D eigenvalue weighted by Gasteiger charge is -2.40. The van der Waals surface area contributed by atoms with Gasteiger partial charge in [-0.25, -0.2) is 14.5 Å². The largest absolute Gasteiger partial charge is 0.476 e. The van der Waals surface area contributed by atoms with E-state index in [1.807, 2.05) is 0 Å². The lowest BCUT2D eigenvalue weighted by atomic mass is 9.98. The summed E-state index contributed by atoms with van der Waals surface area (Å²) in [7, 11) is -3.75. The third kappa shape index (κ3) is 4.59. The summed E-state index contributed by atoms with van der Waals surface area (Å²) < 4.78 is 44.8. The lowest BCUT2D eigenvalue weighted by molar-refractivity contribution is -0.146. The van der Waals surface area contributed by atoms with E-state index in [1.165, 1.54) is 17.8 Å². The van der Waals surface area contributed by atoms with Crippen LogP contribution in [0.4, 0.5) is 10.3 Å². The molecule has 15 heteroatoms. The number of rotatable bonds is 7. The molecule has 4 rings (SSSR count). The first-order valence-corrected chi connectivity index (χ1v) is 12.0. The van der Waals surface area contributed by atoms with Crippen LogP contribution in [0, 0.1) is 0 Å². The van der Waals surface area contributed by atoms with Crippen molar-refractivity contribution in [1.29, 1.82) is 0 Å². The van der Waals surface area contributed by atoms with Gasteiger partial charge in [-0.3, -0.25) is 13.9 Å². The standard InChI is InChI=1S/C18H27FN6O7P/c1-5-28-15-12-14(23-17(20)24-15)25(8-21-12)16-18(4,19)13-10(31-16)7-29-33(27,32-13)22-6-11(26)30-9(2)3/h8-10,13,16,22,27H,5-7H2,1-4H3,(H2,20,23,24)/t10-,13-,16-,18-/m1/s1. The summed E-state index contributed by atoms with van der Waals surface area (Å²) in [4.78, 5) is 34.9. The Hall–Kier alpha value is -2.22. The molecular formula is C18H27FN6O7P. The van der Waals surface area contributed by atoms with Crippen molar-refractivity contribution in [3.05, 3.63) is 6.33 Å². The van der Waals surface area contributed by atoms with Crippen LogP contribution in [0.1, 0.15) is 33.9 Å². The van der Waals surface area contributed by atoms with Crippen LogP contribution in [-0.4, -0.2) is 74.1 Å². The SMILES string of the molecule is CCOc1nc(N)nc2c1ncn2[C@@H]1O[C@@H]2CO[P@](O)(NCC(=O)OC(C)C)O[C@H]2[C@@]1(C)F. The summed E-state index contributed by atoms with van der Waals surface area (Å²) in [5, 5.41) is 2.51. The quantitative estimate of drug-likeness (QED) is 0.375. The maximum Gasteiger partial charge on any atom is 0.320 e. The molecule has 4 heterocycles. The molecule has 33 heavy (non-hydrogen) atoms. The Kier molecular flexibility index (Phi) is 6.42. The Morgan fingerprint density at radius 3 is 2.97 bits per heavy atom. The van der Waals surface area contributed by atoms with Crippen LogP contribution < -0.4 is 15.6 Å². The molecule has 0 spiro atoms. The molecule has 13 nitrogen and oxygen atoms in total. The smallest absolute Gasteiger partial charge is 0.320 e. The average Bonchev–Trinajstić information content (AvgIpc) is 3.24. The number of ether oxygens (including phenoxy) is 3. The number of carbonyl (C=O) groups excluding carboxylic acids is 1. The van der Waals surface area contributed by atoms with Gasteiger partial charge in [-0.2, -0.15) is 9.97 Å². The zero-order chi connectivity index (χ0) is 24.0. The molecule has 2 fully saturated rings. The predicted molar refractivity (Wildman–Crippen MR) is 114 cm³/mol. The molecule has 0 bridgehead atoms. The molecular weight excluding hydrogens is 462 g/mol. The molecule has 0 aromatic carbocycles. The zero-order valence-electron chi connectivity index (χ0n) is 18.6. The van der Waals surface area contributed by atoms with Crippen molar-refractivity contribution < 1.29 is 37.3 Å². The second kappa shape index (κ2) is 8.85. The highest BCUT2D eigenvalue weighted by Crippen LogP contribution is 2.61. The number of nitrogens with one attached hydrogen (secondary N) is 1. The summed E-state index contributed by atoms with van der Waals surface area (Å²) in [5.41, 5.74) is 4.17. The minimum Gasteiger partial charge on any atom is -0.476 e. The Morgan fingerprint density at radius 1 is 1.52 bits per heavy atom. The van der Waals surface area contributed by atoms with Crippen molar-refractivity contribution in [3.63, 3.8) is 0 Å². The van der Waals surface area contributed by atoms with Gasteiger partial charge in [0.25, 0.3) is 0 Å². The minimum atomic E-state index is -3.75. The highest BCUT2D eigenvalue weighted by atomic mass is 31.2. The van der Waals surface area contributed by atoms with Gasteiger partial charge in [0.05, 0.1) is 25.6 Å². The van der Waals surface area contributed by atoms with Crippen molar-refractivity contribution >= 4 is 31.2 Å². The van der Waals surface area contributed by atoms with E-state index in [2.05, 4.69) is 20.0 Å². The molecule has 0 unspecified atom stereocenters. The van der Waals surface area contributed by atoms with Gasteiger partial charge in [-0.1, -0.05) is 0 Å². The number of esters is 1. The molecule has 2 aromatic rings. The number of halogens is 1. The van der Waals surface area contributed by atoms with Crippen molar-refractivity contribution in [2.24, 2.45) is 0 Å². The van der Waals surface area contributed by atoms with E-state index >= 15 is 4.39 Å². The van der Waals surface area contributed by atoms with E-state index in [0.717, 1.165) is 0 Å². The molecule has 5 atom stereocenters. The molecule has 0 saturated carbocycles. The molecule has 0 aliphatic carbocycles. The highest BCUT2D eigenvalue weighted by Gasteiger charge is 2.61. The van der Waals surface area contributed by atoms with Crippen LogP contribution in [0.25, 0.3) is 11.2 Å². The second-order valence-corrected chi connectivity index (χ2v) is 9.86. The van der Waals surface area contributed by atoms with Gasteiger partial charge in [-0.15, -0.1) is 0 Å². The van der Waals surface area contributed by atoms with Crippen LogP contribution in [0.3, 0.4) is 0 Å². The Balaban J connectivity index is 1.56. The first-order chi connectivity index (χ1) is 15.5. The van der Waals surface area contributed by atoms with Gasteiger partial charge in [-0.05, 0) is 27.7 Å². The van der Waals surface area contributed by atoms with Crippen molar-refractivity contribution in [2.45, 2.75) is 57.9 Å². The van der Waals surface area contributed by atoms with Crippen molar-refractivity contribution in [2.75, 3.05) is 25.5 Å². The number of nitrogen functional groups attached to an aromatic ring is 1. The molecule has 2 aromatic heterocycles. The summed E-state index contributed by atoms with van der Waals surface area (Å²) in [6.45, 7) is 6.25. The molecule has 2 aliphatic rings. The number of nitrogens with two attached hydrogens (primary N) is 1. The number of alkyl halides is 1. The lowest BCUT2D eigenvalue weighted by Crippen LogP contribution is -2.47. The van der Waals surface area contributed by atoms with Crippen molar-refractivity contribution in [3.8, 4) is 5.88 Å². The fraction of sp³-hybridized carbons (Fsp3) is 0.667. The average molecular weight is 489 g/mol. The predicted octanol–water partition coefficient (Wildman–Crippen LogP) is 1.06. The summed E-state index contributed by atoms with van der Waals surface area (Å²) in [5.74, 6) is -0.503. The monoisotopic (exact) mass is 489 g/mol. The van der Waals surface area contributed by atoms with E-state index in [4.69, 9.17) is 29.0 Å². The maximum atomic E-state index is 16.1. The van der Waals surface area contributed by atoms with Crippen LogP contribution in [0.5, 0.6) is 5.88 Å². The van der Waals surface area contributed by atoms with E-state index in [1.54, 1.807) is 20.8 Å². The third-order valence-corrected chi connectivity index (χ3v) is 6.65. The summed E-state index contributed by atoms with van der Waals surface area (Å²) in [6, 6.07) is 0. The van der Waals surface area contributed by atoms with Gasteiger partial charge in [0, 0.05) is 0 Å². The number of anilines is 1. The number of nitrogens with zero attached hydrogens (tertiary/aromatic N) is 4. The Morgan fingerprint density at radius 2 is 2.27 bits per heavy atom. The van der Waals surface area contributed by atoms with Gasteiger partial charge in [0.2, 0.25) is 11.8 Å². The fourth-order valence-electron chi connectivity index (χ4n) is 3.74. The molecule has 2 saturated heterocycles. The minimum absolute atomic E-state index is 0.0685. The number of carbonyl (C=O) groups is 1. The van der Waals surface area contributed by atoms with Gasteiger partial charge >= 0.3 is 14.1 Å². The molecule has 0 amide bonds. The van der Waals surface area contributed by atoms with Crippen LogP contribution in [0.15, 0.2) is 6.33 Å². The summed E-state index contributed by atoms with van der Waals surface area (Å²) >= 11 is 0. The molecule has 1 radical (unpaired) electrons. The van der Waals surface area contributed by atoms with E-state index in [9.17, 15) is 9.69 Å². The highest BCUT2D eigenvalue weighted by molar-refractivity contribution is 7.58. The topological polar surface area (TPSA) is 165 Å². The van der Waals surface area contributed by atoms with E-state index in [0.29, 0.717) is 12.1 Å². The number of hydrogen-bond donors (Lipinski definition) is 3. The first kappa shape index (κ1) is 23.9. The van der Waals surface area contributed by atoms with Crippen LogP contribution in [-0.2, 0) is 23.3 Å². The second-order valence-electron chi connectivity index (χ2n) is 8.04. The number of aromatic nitrogens is 4. The normalized spacial score (nSPS) is 31.7. The van der Waals surface area contributed by atoms with Gasteiger partial charge < -0.3 is 29.4 Å². The van der Waals surface area contributed by atoms with Gasteiger partial charge in [0.1, 0.15) is 18.8 Å². The zero-order valence-corrected chi connectivity index (χ0v) is 19.5. The molecule has 4 N–H and O–H groups in total. The number of imidazole rings is 1. The van der Waals surface area contributed by atoms with Crippen LogP contribution in [0.2, 0.25) is 0 Å². The van der Waals surface area contributed by atoms with E-state index < -0.39 is 38.2 Å². The van der Waals surface area contributed by atoms with E-state index in [-0.39, 0.29) is 36.7 Å². The molecule has 183 valence electrons. The third-order valence-electron chi connectivity index (χ3n) is 5.08. The fourth-order valence-corrected chi connectivity index (χ4v) is 5.29. The van der Waals surface area contributed by atoms with Crippen LogP contribution >= 0.6 is 8.09 Å². The summed E-state index contributed by atoms with van der Waals surface area (Å²) in [6.07, 6.45) is -2.23. The van der Waals surface area contributed by atoms with Gasteiger partial charge in [0.15, 0.2) is 23.1 Å².